The summed E-state index contributed by atoms with van der Waals surface area (Å²) in [6.45, 7) is 1.81. The van der Waals surface area contributed by atoms with Gasteiger partial charge in [-0.15, -0.1) is 0 Å². The molecule has 0 bridgehead atoms. The van der Waals surface area contributed by atoms with Crippen molar-refractivity contribution in [2.45, 2.75) is 6.92 Å². The molecule has 0 aromatic carbocycles. The largest absolute Gasteiger partial charge is 0.412 e. The predicted molar refractivity (Wildman–Crippen MR) is 32.4 cm³/mol. The van der Waals surface area contributed by atoms with Crippen LogP contribution in [0.1, 0.15) is 6.92 Å². The SMILES string of the molecule is C/C=C(/C=C/N)ON. The Kier molecular flexibility index (Phi) is 3.70. The van der Waals surface area contributed by atoms with Crippen molar-refractivity contribution < 1.29 is 4.84 Å². The Morgan fingerprint density at radius 1 is 1.62 bits per heavy atom. The quantitative estimate of drug-likeness (QED) is 0.307. The minimum Gasteiger partial charge on any atom is -0.412 e. The Morgan fingerprint density at radius 2 is 2.25 bits per heavy atom. The monoisotopic (exact) mass is 114 g/mol. The molecule has 46 valence electrons. The molecule has 0 unspecified atom stereocenters. The second-order valence-corrected chi connectivity index (χ2v) is 1.17. The van der Waals surface area contributed by atoms with Crippen molar-refractivity contribution in [3.8, 4) is 0 Å². The van der Waals surface area contributed by atoms with E-state index in [4.69, 9.17) is 11.6 Å². The molecular formula is C5H10N2O. The van der Waals surface area contributed by atoms with Crippen LogP contribution in [0, 0.1) is 0 Å². The van der Waals surface area contributed by atoms with Crippen molar-refractivity contribution in [3.63, 3.8) is 0 Å². The van der Waals surface area contributed by atoms with E-state index in [1.54, 1.807) is 12.2 Å². The average molecular weight is 114 g/mol. The summed E-state index contributed by atoms with van der Waals surface area (Å²) in [5.74, 6) is 5.36. The van der Waals surface area contributed by atoms with Gasteiger partial charge in [0.1, 0.15) is 5.76 Å². The molecule has 8 heavy (non-hydrogen) atoms. The van der Waals surface area contributed by atoms with Crippen molar-refractivity contribution in [2.75, 3.05) is 0 Å². The molecule has 0 aliphatic rings. The van der Waals surface area contributed by atoms with Gasteiger partial charge in [0.15, 0.2) is 0 Å². The van der Waals surface area contributed by atoms with E-state index in [1.165, 1.54) is 6.20 Å². The Morgan fingerprint density at radius 3 is 2.38 bits per heavy atom. The van der Waals surface area contributed by atoms with Gasteiger partial charge in [0, 0.05) is 0 Å². The summed E-state index contributed by atoms with van der Waals surface area (Å²) in [6, 6.07) is 0. The number of hydrogen-bond donors (Lipinski definition) is 2. The third-order valence-electron chi connectivity index (χ3n) is 0.681. The molecule has 0 rings (SSSR count). The standard InChI is InChI=1S/C5H10N2O/c1-2-5(8-7)3-4-6/h2-4H,6-7H2,1H3/b4-3+,5-2-. The van der Waals surface area contributed by atoms with Crippen LogP contribution < -0.4 is 11.6 Å². The summed E-state index contributed by atoms with van der Waals surface area (Å²) in [6.07, 6.45) is 4.64. The summed E-state index contributed by atoms with van der Waals surface area (Å²) in [4.78, 5) is 4.33. The van der Waals surface area contributed by atoms with Gasteiger partial charge in [0.05, 0.1) is 0 Å². The fourth-order valence-corrected chi connectivity index (χ4v) is 0.298. The van der Waals surface area contributed by atoms with E-state index in [1.807, 2.05) is 6.92 Å². The highest BCUT2D eigenvalue weighted by atomic mass is 16.6. The molecule has 0 aromatic heterocycles. The highest BCUT2D eigenvalue weighted by molar-refractivity contribution is 5.08. The average Bonchev–Trinajstić information content (AvgIpc) is 1.83. The molecule has 0 fully saturated rings. The first kappa shape index (κ1) is 7.04. The van der Waals surface area contributed by atoms with E-state index >= 15 is 0 Å². The first-order valence-electron chi connectivity index (χ1n) is 2.26. The van der Waals surface area contributed by atoms with Crippen LogP contribution in [0.2, 0.25) is 0 Å². The number of hydrogen-bond acceptors (Lipinski definition) is 3. The van der Waals surface area contributed by atoms with Crippen LogP contribution >= 0.6 is 0 Å². The summed E-state index contributed by atoms with van der Waals surface area (Å²) in [5.41, 5.74) is 5.02. The molecule has 0 heterocycles. The minimum atomic E-state index is 0.563. The number of nitrogens with two attached hydrogens (primary N) is 2. The van der Waals surface area contributed by atoms with Crippen LogP contribution in [0.5, 0.6) is 0 Å². The van der Waals surface area contributed by atoms with Gasteiger partial charge < -0.3 is 10.6 Å². The summed E-state index contributed by atoms with van der Waals surface area (Å²) in [5, 5.41) is 0. The first-order chi connectivity index (χ1) is 3.85. The maximum Gasteiger partial charge on any atom is 0.144 e. The lowest BCUT2D eigenvalue weighted by molar-refractivity contribution is 0.233. The van der Waals surface area contributed by atoms with E-state index in [9.17, 15) is 0 Å². The van der Waals surface area contributed by atoms with Gasteiger partial charge in [-0.2, -0.15) is 5.90 Å². The molecule has 0 saturated carbocycles. The summed E-state index contributed by atoms with van der Waals surface area (Å²) >= 11 is 0. The second-order valence-electron chi connectivity index (χ2n) is 1.17. The lowest BCUT2D eigenvalue weighted by Gasteiger charge is -1.93. The van der Waals surface area contributed by atoms with Gasteiger partial charge >= 0.3 is 0 Å². The van der Waals surface area contributed by atoms with E-state index < -0.39 is 0 Å². The molecule has 0 radical (unpaired) electrons. The minimum absolute atomic E-state index is 0.563. The van der Waals surface area contributed by atoms with Crippen LogP contribution in [0.3, 0.4) is 0 Å². The normalized spacial score (nSPS) is 12.5. The van der Waals surface area contributed by atoms with Gasteiger partial charge in [-0.25, -0.2) is 0 Å². The van der Waals surface area contributed by atoms with Gasteiger partial charge in [0.25, 0.3) is 0 Å². The third-order valence-corrected chi connectivity index (χ3v) is 0.681. The van der Waals surface area contributed by atoms with Crippen LogP contribution in [-0.4, -0.2) is 0 Å². The van der Waals surface area contributed by atoms with Gasteiger partial charge in [-0.1, -0.05) is 0 Å². The van der Waals surface area contributed by atoms with Gasteiger partial charge in [-0.3, -0.25) is 0 Å². The Balaban J connectivity index is 3.72. The fourth-order valence-electron chi connectivity index (χ4n) is 0.298. The summed E-state index contributed by atoms with van der Waals surface area (Å²) in [7, 11) is 0. The van der Waals surface area contributed by atoms with Crippen molar-refractivity contribution in [2.24, 2.45) is 11.6 Å². The highest BCUT2D eigenvalue weighted by Crippen LogP contribution is 1.91. The van der Waals surface area contributed by atoms with Crippen molar-refractivity contribution in [3.05, 3.63) is 24.1 Å². The van der Waals surface area contributed by atoms with Gasteiger partial charge in [-0.05, 0) is 25.3 Å². The second kappa shape index (κ2) is 4.21. The first-order valence-corrected chi connectivity index (χ1v) is 2.26. The van der Waals surface area contributed by atoms with Crippen LogP contribution in [0.15, 0.2) is 24.1 Å². The predicted octanol–water partition coefficient (Wildman–Crippen LogP) is 0.253. The number of allylic oxidation sites excluding steroid dienone is 2. The Labute approximate surface area is 48.6 Å². The van der Waals surface area contributed by atoms with Gasteiger partial charge in [0.2, 0.25) is 0 Å². The summed E-state index contributed by atoms with van der Waals surface area (Å²) < 4.78 is 0. The topological polar surface area (TPSA) is 61.3 Å². The maximum atomic E-state index is 5.02. The number of rotatable bonds is 2. The zero-order valence-corrected chi connectivity index (χ0v) is 4.79. The molecule has 3 heteroatoms. The van der Waals surface area contributed by atoms with E-state index in [0.29, 0.717) is 5.76 Å². The third kappa shape index (κ3) is 2.25. The van der Waals surface area contributed by atoms with Crippen molar-refractivity contribution in [1.82, 2.24) is 0 Å². The van der Waals surface area contributed by atoms with E-state index in [-0.39, 0.29) is 0 Å². The Hall–Kier alpha value is -0.960. The molecule has 0 aliphatic heterocycles. The van der Waals surface area contributed by atoms with Crippen molar-refractivity contribution in [1.29, 1.82) is 0 Å². The highest BCUT2D eigenvalue weighted by Gasteiger charge is 1.81. The lowest BCUT2D eigenvalue weighted by atomic mass is 10.4. The molecule has 0 amide bonds. The fraction of sp³-hybridized carbons (Fsp3) is 0.200. The zero-order valence-electron chi connectivity index (χ0n) is 4.79. The molecule has 4 N–H and O–H groups in total. The van der Waals surface area contributed by atoms with Crippen molar-refractivity contribution >= 4 is 0 Å². The molecule has 3 nitrogen and oxygen atoms in total. The Bertz CT molecular complexity index is 104. The van der Waals surface area contributed by atoms with E-state index in [0.717, 1.165) is 0 Å². The molecule has 0 aliphatic carbocycles. The van der Waals surface area contributed by atoms with E-state index in [2.05, 4.69) is 4.84 Å². The smallest absolute Gasteiger partial charge is 0.144 e. The molecular weight excluding hydrogens is 104 g/mol. The van der Waals surface area contributed by atoms with Crippen LogP contribution in [0.4, 0.5) is 0 Å². The van der Waals surface area contributed by atoms with Crippen LogP contribution in [0.25, 0.3) is 0 Å². The molecule has 0 saturated heterocycles. The maximum absolute atomic E-state index is 5.02. The lowest BCUT2D eigenvalue weighted by Crippen LogP contribution is -1.96. The molecule has 0 aromatic rings. The molecule has 0 atom stereocenters. The van der Waals surface area contributed by atoms with Crippen LogP contribution in [-0.2, 0) is 4.84 Å². The zero-order chi connectivity index (χ0) is 6.41. The molecule has 0 spiro atoms.